The van der Waals surface area contributed by atoms with Crippen LogP contribution in [0.2, 0.25) is 0 Å². The molecule has 5 aliphatic rings. The Labute approximate surface area is 193 Å². The summed E-state index contributed by atoms with van der Waals surface area (Å²) in [7, 11) is 0. The minimum absolute atomic E-state index is 0.179. The van der Waals surface area contributed by atoms with Crippen LogP contribution >= 0.6 is 0 Å². The van der Waals surface area contributed by atoms with Gasteiger partial charge in [0.15, 0.2) is 0 Å². The van der Waals surface area contributed by atoms with Gasteiger partial charge in [-0.05, 0) is 118 Å². The molecule has 1 spiro atoms. The first-order valence-corrected chi connectivity index (χ1v) is 13.6. The summed E-state index contributed by atoms with van der Waals surface area (Å²) in [5, 5.41) is 0. The van der Waals surface area contributed by atoms with Crippen molar-refractivity contribution in [3.05, 3.63) is 11.6 Å². The van der Waals surface area contributed by atoms with Crippen LogP contribution in [0.3, 0.4) is 0 Å². The zero-order valence-electron chi connectivity index (χ0n) is 22.0. The molecule has 0 aromatic rings. The second-order valence-corrected chi connectivity index (χ2v) is 14.7. The van der Waals surface area contributed by atoms with E-state index in [-0.39, 0.29) is 5.60 Å². The van der Waals surface area contributed by atoms with Crippen LogP contribution in [0.5, 0.6) is 0 Å². The molecule has 1 unspecified atom stereocenters. The fourth-order valence-corrected chi connectivity index (χ4v) is 10.6. The van der Waals surface area contributed by atoms with E-state index in [1.807, 2.05) is 0 Å². The Morgan fingerprint density at radius 1 is 0.806 bits per heavy atom. The Kier molecular flexibility index (Phi) is 4.82. The van der Waals surface area contributed by atoms with Crippen molar-refractivity contribution in [2.24, 2.45) is 38.9 Å². The Hall–Kier alpha value is -0.300. The van der Waals surface area contributed by atoms with E-state index >= 15 is 0 Å². The first-order chi connectivity index (χ1) is 14.3. The third-order valence-corrected chi connectivity index (χ3v) is 12.6. The van der Waals surface area contributed by atoms with Crippen LogP contribution in [0.1, 0.15) is 126 Å². The summed E-state index contributed by atoms with van der Waals surface area (Å²) in [6, 6.07) is 0. The minimum atomic E-state index is 0.179. The normalized spacial score (nSPS) is 54.6. The summed E-state index contributed by atoms with van der Waals surface area (Å²) in [6.45, 7) is 20.3. The first-order valence-electron chi connectivity index (χ1n) is 13.6. The molecule has 1 nitrogen and oxygen atoms in total. The average Bonchev–Trinajstić information content (AvgIpc) is 3.20. The lowest BCUT2D eigenvalue weighted by Gasteiger charge is -2.71. The molecule has 0 N–H and O–H groups in total. The van der Waals surface area contributed by atoms with Crippen molar-refractivity contribution in [3.63, 3.8) is 0 Å². The molecule has 0 aromatic carbocycles. The molecule has 31 heavy (non-hydrogen) atoms. The predicted molar refractivity (Wildman–Crippen MR) is 131 cm³/mol. The van der Waals surface area contributed by atoms with Crippen molar-refractivity contribution in [2.45, 2.75) is 138 Å². The Bertz CT molecular complexity index is 775. The van der Waals surface area contributed by atoms with E-state index in [0.717, 1.165) is 11.8 Å². The summed E-state index contributed by atoms with van der Waals surface area (Å²) >= 11 is 0. The van der Waals surface area contributed by atoms with E-state index in [2.05, 4.69) is 61.5 Å². The van der Waals surface area contributed by atoms with E-state index in [1.54, 1.807) is 0 Å². The van der Waals surface area contributed by atoms with Gasteiger partial charge in [0.2, 0.25) is 0 Å². The number of hydrogen-bond acceptors (Lipinski definition) is 1. The predicted octanol–water partition coefficient (Wildman–Crippen LogP) is 8.72. The van der Waals surface area contributed by atoms with Crippen LogP contribution in [0.15, 0.2) is 11.6 Å². The molecule has 1 heteroatoms. The SMILES string of the molecule is CC(C)=CCC[C@@]1(C)CC[C@]2(C)C3CC[C@H]4C(C)(C)[C@@H]5CC[C@]4(O5)[C@]3(C)CC[C@@]2(C)C1. The lowest BCUT2D eigenvalue weighted by molar-refractivity contribution is -0.249. The van der Waals surface area contributed by atoms with Crippen molar-refractivity contribution in [1.29, 1.82) is 0 Å². The Balaban J connectivity index is 1.45. The molecule has 2 saturated heterocycles. The van der Waals surface area contributed by atoms with Gasteiger partial charge in [-0.2, -0.15) is 0 Å². The highest BCUT2D eigenvalue weighted by Crippen LogP contribution is 2.78. The molecule has 0 aromatic heterocycles. The van der Waals surface area contributed by atoms with Gasteiger partial charge >= 0.3 is 0 Å². The highest BCUT2D eigenvalue weighted by Gasteiger charge is 2.76. The molecule has 176 valence electrons. The van der Waals surface area contributed by atoms with Crippen molar-refractivity contribution in [1.82, 2.24) is 0 Å². The van der Waals surface area contributed by atoms with Gasteiger partial charge in [0.05, 0.1) is 11.7 Å². The molecule has 5 rings (SSSR count). The molecule has 3 saturated carbocycles. The van der Waals surface area contributed by atoms with Crippen molar-refractivity contribution in [3.8, 4) is 0 Å². The van der Waals surface area contributed by atoms with E-state index in [0.29, 0.717) is 33.2 Å². The molecular weight excluding hydrogens is 376 g/mol. The lowest BCUT2D eigenvalue weighted by Crippen LogP contribution is -2.67. The number of rotatable bonds is 3. The summed E-state index contributed by atoms with van der Waals surface area (Å²) in [6.07, 6.45) is 18.2. The molecular formula is C30H50O. The second-order valence-electron chi connectivity index (χ2n) is 14.7. The van der Waals surface area contributed by atoms with Gasteiger partial charge in [-0.15, -0.1) is 0 Å². The van der Waals surface area contributed by atoms with Gasteiger partial charge in [0, 0.05) is 5.41 Å². The molecule has 2 bridgehead atoms. The minimum Gasteiger partial charge on any atom is -0.370 e. The standard InChI is InChI=1S/C30H50O/c1-21(2)10-9-14-26(5)16-18-28(7)23-12-11-22-25(3,4)24-13-15-30(22,31-24)29(23,8)19-17-27(28,6)20-26/h10,22-24H,9,11-20H2,1-8H3/t22-,23?,24-,26-,27-,28+,29+,30+/m0/s1. The summed E-state index contributed by atoms with van der Waals surface area (Å²) in [5.74, 6) is 1.62. The van der Waals surface area contributed by atoms with Crippen LogP contribution < -0.4 is 0 Å². The first kappa shape index (κ1) is 22.5. The highest BCUT2D eigenvalue weighted by atomic mass is 16.5. The average molecular weight is 427 g/mol. The zero-order valence-corrected chi connectivity index (χ0v) is 22.0. The Morgan fingerprint density at radius 2 is 1.48 bits per heavy atom. The van der Waals surface area contributed by atoms with Crippen molar-refractivity contribution >= 4 is 0 Å². The van der Waals surface area contributed by atoms with Crippen LogP contribution in [0, 0.1) is 38.9 Å². The van der Waals surface area contributed by atoms with Gasteiger partial charge in [0.1, 0.15) is 0 Å². The molecule has 2 heterocycles. The molecule has 8 atom stereocenters. The monoisotopic (exact) mass is 426 g/mol. The van der Waals surface area contributed by atoms with Crippen molar-refractivity contribution < 1.29 is 4.74 Å². The van der Waals surface area contributed by atoms with Crippen molar-refractivity contribution in [2.75, 3.05) is 0 Å². The van der Waals surface area contributed by atoms with Crippen LogP contribution in [-0.4, -0.2) is 11.7 Å². The van der Waals surface area contributed by atoms with E-state index < -0.39 is 0 Å². The van der Waals surface area contributed by atoms with E-state index in [1.165, 1.54) is 76.2 Å². The van der Waals surface area contributed by atoms with E-state index in [9.17, 15) is 0 Å². The zero-order chi connectivity index (χ0) is 22.5. The third-order valence-electron chi connectivity index (χ3n) is 12.6. The maximum Gasteiger partial charge on any atom is 0.0777 e. The Morgan fingerprint density at radius 3 is 2.19 bits per heavy atom. The third kappa shape index (κ3) is 2.77. The molecule has 2 aliphatic heterocycles. The fourth-order valence-electron chi connectivity index (χ4n) is 10.6. The molecule has 0 radical (unpaired) electrons. The topological polar surface area (TPSA) is 9.23 Å². The molecule has 3 aliphatic carbocycles. The van der Waals surface area contributed by atoms with Crippen LogP contribution in [-0.2, 0) is 4.74 Å². The maximum absolute atomic E-state index is 7.12. The quantitative estimate of drug-likeness (QED) is 0.410. The van der Waals surface area contributed by atoms with Gasteiger partial charge in [0.25, 0.3) is 0 Å². The van der Waals surface area contributed by atoms with E-state index in [4.69, 9.17) is 4.74 Å². The van der Waals surface area contributed by atoms with Crippen LogP contribution in [0.25, 0.3) is 0 Å². The number of ether oxygens (including phenoxy) is 1. The molecule has 0 amide bonds. The fraction of sp³-hybridized carbons (Fsp3) is 0.933. The summed E-state index contributed by atoms with van der Waals surface area (Å²) < 4.78 is 7.12. The smallest absolute Gasteiger partial charge is 0.0777 e. The molecule has 5 fully saturated rings. The second kappa shape index (κ2) is 6.64. The maximum atomic E-state index is 7.12. The number of allylic oxidation sites excluding steroid dienone is 2. The van der Waals surface area contributed by atoms with Gasteiger partial charge in [-0.1, -0.05) is 53.2 Å². The van der Waals surface area contributed by atoms with Crippen LogP contribution in [0.4, 0.5) is 0 Å². The highest BCUT2D eigenvalue weighted by molar-refractivity contribution is 5.24. The number of hydrogen-bond donors (Lipinski definition) is 0. The lowest BCUT2D eigenvalue weighted by atomic mass is 9.33. The van der Waals surface area contributed by atoms with Gasteiger partial charge < -0.3 is 4.74 Å². The number of fused-ring (bicyclic) bond motifs is 4. The van der Waals surface area contributed by atoms with Gasteiger partial charge in [-0.25, -0.2) is 0 Å². The largest absolute Gasteiger partial charge is 0.370 e. The summed E-state index contributed by atoms with van der Waals surface area (Å²) in [5.41, 5.74) is 3.90. The summed E-state index contributed by atoms with van der Waals surface area (Å²) in [4.78, 5) is 0. The van der Waals surface area contributed by atoms with Gasteiger partial charge in [-0.3, -0.25) is 0 Å².